The van der Waals surface area contributed by atoms with Crippen LogP contribution in [0.1, 0.15) is 17.0 Å². The van der Waals surface area contributed by atoms with Crippen molar-refractivity contribution in [2.45, 2.75) is 6.42 Å². The van der Waals surface area contributed by atoms with Gasteiger partial charge in [-0.15, -0.1) is 11.3 Å². The molecule has 5 nitrogen and oxygen atoms in total. The lowest BCUT2D eigenvalue weighted by molar-refractivity contribution is -0.136. The van der Waals surface area contributed by atoms with E-state index in [-0.39, 0.29) is 17.1 Å². The molecule has 0 fully saturated rings. The van der Waals surface area contributed by atoms with Gasteiger partial charge in [-0.3, -0.25) is 14.0 Å². The van der Waals surface area contributed by atoms with Gasteiger partial charge in [0.2, 0.25) is 0 Å². The number of carbonyl (C=O) groups is 1. The number of fused-ring (bicyclic) bond motifs is 1. The van der Waals surface area contributed by atoms with E-state index in [1.807, 2.05) is 0 Å². The summed E-state index contributed by atoms with van der Waals surface area (Å²) in [4.78, 5) is 28.1. The smallest absolute Gasteiger partial charge is 0.309 e. The molecule has 128 valence electrons. The molecule has 0 radical (unpaired) electrons. The first-order valence-electron chi connectivity index (χ1n) is 6.91. The highest BCUT2D eigenvalue weighted by Gasteiger charge is 2.15. The maximum atomic E-state index is 12.5. The number of halogens is 3. The van der Waals surface area contributed by atoms with Gasteiger partial charge in [0.05, 0.1) is 12.1 Å². The van der Waals surface area contributed by atoms with E-state index < -0.39 is 11.5 Å². The number of hydrogen-bond donors (Lipinski definition) is 1. The largest absolute Gasteiger partial charge is 0.481 e. The van der Waals surface area contributed by atoms with Crippen LogP contribution in [0.15, 0.2) is 28.4 Å². The van der Waals surface area contributed by atoms with Crippen molar-refractivity contribution in [2.24, 2.45) is 0 Å². The Balaban J connectivity index is 2.09. The number of thiazole rings is 1. The summed E-state index contributed by atoms with van der Waals surface area (Å²) in [5.41, 5.74) is 0.652. The highest BCUT2D eigenvalue weighted by molar-refractivity contribution is 7.15. The first-order valence-corrected chi connectivity index (χ1v) is 8.92. The minimum absolute atomic E-state index is 0.109. The molecule has 3 rings (SSSR count). The monoisotopic (exact) mass is 414 g/mol. The molecule has 0 aliphatic carbocycles. The zero-order chi connectivity index (χ0) is 18.1. The van der Waals surface area contributed by atoms with Crippen molar-refractivity contribution in [1.29, 1.82) is 0 Å². The first-order chi connectivity index (χ1) is 11.9. The summed E-state index contributed by atoms with van der Waals surface area (Å²) in [7, 11) is 0. The van der Waals surface area contributed by atoms with Gasteiger partial charge in [0, 0.05) is 26.7 Å². The van der Waals surface area contributed by atoms with Crippen LogP contribution in [0.4, 0.5) is 0 Å². The van der Waals surface area contributed by atoms with E-state index in [1.165, 1.54) is 4.40 Å². The zero-order valence-electron chi connectivity index (χ0n) is 12.4. The third kappa shape index (κ3) is 3.57. The molecule has 0 aliphatic rings. The molecule has 3 aromatic rings. The molecule has 0 aliphatic heterocycles. The third-order valence-corrected chi connectivity index (χ3v) is 5.24. The Morgan fingerprint density at radius 2 is 1.92 bits per heavy atom. The Kier molecular flexibility index (Phi) is 5.15. The molecule has 0 atom stereocenters. The van der Waals surface area contributed by atoms with Crippen molar-refractivity contribution in [3.8, 4) is 0 Å². The quantitative estimate of drug-likeness (QED) is 0.680. The first kappa shape index (κ1) is 17.9. The second-order valence-electron chi connectivity index (χ2n) is 5.00. The summed E-state index contributed by atoms with van der Waals surface area (Å²) >= 11 is 19.5. The molecule has 25 heavy (non-hydrogen) atoms. The van der Waals surface area contributed by atoms with Crippen molar-refractivity contribution in [3.63, 3.8) is 0 Å². The summed E-state index contributed by atoms with van der Waals surface area (Å²) in [5.74, 6) is -1.04. The van der Waals surface area contributed by atoms with Crippen molar-refractivity contribution in [2.75, 3.05) is 0 Å². The van der Waals surface area contributed by atoms with Crippen LogP contribution in [0, 0.1) is 0 Å². The van der Waals surface area contributed by atoms with Crippen molar-refractivity contribution < 1.29 is 9.90 Å². The van der Waals surface area contributed by atoms with E-state index in [0.717, 1.165) is 11.3 Å². The van der Waals surface area contributed by atoms with Gasteiger partial charge >= 0.3 is 5.97 Å². The molecule has 0 unspecified atom stereocenters. The molecule has 0 saturated carbocycles. The average molecular weight is 416 g/mol. The summed E-state index contributed by atoms with van der Waals surface area (Å²) < 4.78 is 1.21. The minimum Gasteiger partial charge on any atom is -0.481 e. The maximum Gasteiger partial charge on any atom is 0.309 e. The van der Waals surface area contributed by atoms with Crippen LogP contribution in [0.25, 0.3) is 17.1 Å². The van der Waals surface area contributed by atoms with Crippen molar-refractivity contribution >= 4 is 69.2 Å². The number of aromatic nitrogens is 2. The van der Waals surface area contributed by atoms with E-state index in [0.29, 0.717) is 26.3 Å². The van der Waals surface area contributed by atoms with Gasteiger partial charge in [-0.05, 0) is 24.3 Å². The van der Waals surface area contributed by atoms with Gasteiger partial charge in [-0.1, -0.05) is 40.9 Å². The lowest BCUT2D eigenvalue weighted by atomic mass is 10.2. The maximum absolute atomic E-state index is 12.5. The summed E-state index contributed by atoms with van der Waals surface area (Å²) in [6, 6.07) is 5.11. The van der Waals surface area contributed by atoms with Crippen LogP contribution < -0.4 is 5.56 Å². The summed E-state index contributed by atoms with van der Waals surface area (Å²) in [5, 5.41) is 11.3. The fraction of sp³-hybridized carbons (Fsp3) is 0.0625. The summed E-state index contributed by atoms with van der Waals surface area (Å²) in [6.45, 7) is 0. The van der Waals surface area contributed by atoms with Gasteiger partial charge in [0.25, 0.3) is 5.56 Å². The Labute approximate surface area is 160 Å². The second-order valence-corrected chi connectivity index (χ2v) is 7.03. The van der Waals surface area contributed by atoms with Crippen LogP contribution in [0.5, 0.6) is 0 Å². The Hall–Kier alpha value is -1.86. The Bertz CT molecular complexity index is 1050. The lowest BCUT2D eigenvalue weighted by Gasteiger charge is -2.03. The molecular weight excluding hydrogens is 407 g/mol. The lowest BCUT2D eigenvalue weighted by Crippen LogP contribution is -2.19. The molecule has 0 amide bonds. The van der Waals surface area contributed by atoms with E-state index in [4.69, 9.17) is 39.9 Å². The number of carboxylic acid groups (broad SMARTS) is 1. The predicted molar refractivity (Wildman–Crippen MR) is 101 cm³/mol. The minimum atomic E-state index is -1.04. The standard InChI is InChI=1S/C16H9Cl3N2O3S/c17-10-2-1-3-11(18)9(10)4-5-12-14(19)15(24)21-8(6-13(22)23)7-25-16(21)20-12/h1-5,7H,6H2,(H,22,23)/b5-4+. The fourth-order valence-electron chi connectivity index (χ4n) is 2.22. The molecule has 1 N–H and O–H groups in total. The molecular formula is C16H9Cl3N2O3S. The van der Waals surface area contributed by atoms with Gasteiger partial charge in [0.1, 0.15) is 5.02 Å². The highest BCUT2D eigenvalue weighted by atomic mass is 35.5. The normalized spacial score (nSPS) is 11.5. The number of aliphatic carboxylic acids is 1. The topological polar surface area (TPSA) is 71.7 Å². The van der Waals surface area contributed by atoms with Crippen molar-refractivity contribution in [3.05, 3.63) is 66.0 Å². The highest BCUT2D eigenvalue weighted by Crippen LogP contribution is 2.27. The molecule has 0 saturated heterocycles. The fourth-order valence-corrected chi connectivity index (χ4v) is 3.82. The van der Waals surface area contributed by atoms with Crippen LogP contribution in [0.2, 0.25) is 15.1 Å². The number of hydrogen-bond acceptors (Lipinski definition) is 4. The molecule has 2 aromatic heterocycles. The molecule has 2 heterocycles. The van der Waals surface area contributed by atoms with Gasteiger partial charge in [-0.2, -0.15) is 0 Å². The molecule has 1 aromatic carbocycles. The van der Waals surface area contributed by atoms with Crippen LogP contribution >= 0.6 is 46.1 Å². The van der Waals surface area contributed by atoms with E-state index in [2.05, 4.69) is 4.98 Å². The van der Waals surface area contributed by atoms with Gasteiger partial charge < -0.3 is 5.11 Å². The number of carboxylic acids is 1. The predicted octanol–water partition coefficient (Wildman–Crippen LogP) is 4.51. The van der Waals surface area contributed by atoms with E-state index in [1.54, 1.807) is 35.7 Å². The van der Waals surface area contributed by atoms with Gasteiger partial charge in [-0.25, -0.2) is 4.98 Å². The van der Waals surface area contributed by atoms with Gasteiger partial charge in [0.15, 0.2) is 4.96 Å². The third-order valence-electron chi connectivity index (χ3n) is 3.35. The Morgan fingerprint density at radius 1 is 1.24 bits per heavy atom. The summed E-state index contributed by atoms with van der Waals surface area (Å²) in [6.07, 6.45) is 2.89. The number of rotatable bonds is 4. The van der Waals surface area contributed by atoms with E-state index >= 15 is 0 Å². The number of nitrogens with zero attached hydrogens (tertiary/aromatic N) is 2. The Morgan fingerprint density at radius 3 is 2.56 bits per heavy atom. The number of benzene rings is 1. The van der Waals surface area contributed by atoms with E-state index in [9.17, 15) is 9.59 Å². The van der Waals surface area contributed by atoms with Crippen LogP contribution in [0.3, 0.4) is 0 Å². The average Bonchev–Trinajstić information content (AvgIpc) is 2.93. The van der Waals surface area contributed by atoms with Crippen molar-refractivity contribution in [1.82, 2.24) is 9.38 Å². The van der Waals surface area contributed by atoms with Crippen LogP contribution in [-0.2, 0) is 11.2 Å². The molecule has 0 spiro atoms. The zero-order valence-corrected chi connectivity index (χ0v) is 15.5. The molecule has 9 heteroatoms. The SMILES string of the molecule is O=C(O)Cc1csc2nc(/C=C/c3c(Cl)cccc3Cl)c(Cl)c(=O)n12. The molecule has 0 bridgehead atoms. The second kappa shape index (κ2) is 7.17. The van der Waals surface area contributed by atoms with Crippen LogP contribution in [-0.4, -0.2) is 20.5 Å².